The van der Waals surface area contributed by atoms with Crippen LogP contribution in [-0.4, -0.2) is 54.7 Å². The third-order valence-electron chi connectivity index (χ3n) is 4.86. The van der Waals surface area contributed by atoms with Gasteiger partial charge >= 0.3 is 6.09 Å². The Kier molecular flexibility index (Phi) is 6.66. The Hall–Kier alpha value is -1.89. The molecule has 0 aliphatic carbocycles. The van der Waals surface area contributed by atoms with Crippen molar-refractivity contribution in [3.8, 4) is 5.75 Å². The number of nitrogens with zero attached hydrogens (tertiary/aromatic N) is 2. The van der Waals surface area contributed by atoms with E-state index >= 15 is 0 Å². The van der Waals surface area contributed by atoms with Gasteiger partial charge in [0.25, 0.3) is 0 Å². The highest BCUT2D eigenvalue weighted by atomic mass is 32.1. The van der Waals surface area contributed by atoms with Crippen LogP contribution in [0.25, 0.3) is 0 Å². The smallest absolute Gasteiger partial charge is 0.410 e. The van der Waals surface area contributed by atoms with E-state index in [1.807, 2.05) is 18.2 Å². The largest absolute Gasteiger partial charge is 0.412 e. The summed E-state index contributed by atoms with van der Waals surface area (Å²) in [5.41, 5.74) is 0. The van der Waals surface area contributed by atoms with Crippen molar-refractivity contribution in [3.05, 3.63) is 52.7 Å². The lowest BCUT2D eigenvalue weighted by Gasteiger charge is -2.41. The lowest BCUT2D eigenvalue weighted by atomic mass is 10.1. The molecule has 140 valence electrons. The van der Waals surface area contributed by atoms with Crippen molar-refractivity contribution in [2.75, 3.05) is 32.7 Å². The van der Waals surface area contributed by atoms with E-state index in [-0.39, 0.29) is 12.1 Å². The first kappa shape index (κ1) is 18.9. The van der Waals surface area contributed by atoms with E-state index in [4.69, 9.17) is 4.74 Å². The third-order valence-corrected chi connectivity index (χ3v) is 5.80. The first-order valence-electron chi connectivity index (χ1n) is 9.20. The molecule has 1 fully saturated rings. The lowest BCUT2D eigenvalue weighted by molar-refractivity contribution is 0.0845. The van der Waals surface area contributed by atoms with Crippen LogP contribution in [0.5, 0.6) is 5.75 Å². The van der Waals surface area contributed by atoms with Gasteiger partial charge in [0.05, 0.1) is 6.04 Å². The Morgan fingerprint density at radius 2 is 1.88 bits per heavy atom. The van der Waals surface area contributed by atoms with Gasteiger partial charge < -0.3 is 15.0 Å². The summed E-state index contributed by atoms with van der Waals surface area (Å²) in [6.45, 7) is 9.51. The molecule has 0 spiro atoms. The molecule has 0 saturated carbocycles. The van der Waals surface area contributed by atoms with E-state index in [0.29, 0.717) is 5.75 Å². The highest BCUT2D eigenvalue weighted by Gasteiger charge is 2.30. The number of amides is 1. The number of nitrogens with one attached hydrogen (secondary N) is 1. The van der Waals surface area contributed by atoms with Crippen molar-refractivity contribution in [1.29, 1.82) is 0 Å². The molecule has 0 bridgehead atoms. The zero-order valence-electron chi connectivity index (χ0n) is 15.4. The van der Waals surface area contributed by atoms with Crippen LogP contribution in [0.1, 0.15) is 24.8 Å². The summed E-state index contributed by atoms with van der Waals surface area (Å²) in [6, 6.07) is 13.5. The number of ether oxygens (including phenoxy) is 1. The topological polar surface area (TPSA) is 44.8 Å². The number of hydrogen-bond acceptors (Lipinski definition) is 5. The number of hydrogen-bond donors (Lipinski definition) is 1. The number of carbonyl (C=O) groups is 1. The van der Waals surface area contributed by atoms with Crippen molar-refractivity contribution >= 4 is 17.4 Å². The number of piperazine rings is 1. The monoisotopic (exact) mass is 373 g/mol. The Bertz CT molecular complexity index is 670. The molecule has 26 heavy (non-hydrogen) atoms. The molecule has 1 saturated heterocycles. The van der Waals surface area contributed by atoms with Crippen LogP contribution >= 0.6 is 11.3 Å². The maximum Gasteiger partial charge on any atom is 0.412 e. The number of benzene rings is 1. The lowest BCUT2D eigenvalue weighted by Crippen LogP contribution is -2.52. The summed E-state index contributed by atoms with van der Waals surface area (Å²) in [5, 5.41) is 5.13. The summed E-state index contributed by atoms with van der Waals surface area (Å²) in [7, 11) is 0. The van der Waals surface area contributed by atoms with E-state index in [0.717, 1.165) is 32.7 Å². The van der Waals surface area contributed by atoms with Crippen molar-refractivity contribution in [2.24, 2.45) is 0 Å². The standard InChI is InChI=1S/C20H27N3O2S/c1-3-22-11-13-23(14-12-22)19(18-10-7-15-26-18)16(2)21-20(24)25-17-8-5-4-6-9-17/h4-10,15-16,19H,3,11-14H2,1-2H3,(H,21,24)/t16-,19-/m0/s1. The molecule has 1 aliphatic rings. The van der Waals surface area contributed by atoms with Gasteiger partial charge in [-0.2, -0.15) is 0 Å². The van der Waals surface area contributed by atoms with Gasteiger partial charge in [-0.3, -0.25) is 4.90 Å². The number of likely N-dealkylation sites (N-methyl/N-ethyl adjacent to an activating group) is 1. The summed E-state index contributed by atoms with van der Waals surface area (Å²) < 4.78 is 5.40. The number of para-hydroxylation sites is 1. The molecule has 3 rings (SSSR count). The van der Waals surface area contributed by atoms with E-state index in [1.54, 1.807) is 23.5 Å². The van der Waals surface area contributed by atoms with E-state index in [9.17, 15) is 4.79 Å². The zero-order chi connectivity index (χ0) is 18.4. The maximum atomic E-state index is 12.3. The Balaban J connectivity index is 1.65. The van der Waals surface area contributed by atoms with Gasteiger partial charge in [-0.15, -0.1) is 11.3 Å². The van der Waals surface area contributed by atoms with Crippen LogP contribution in [0.2, 0.25) is 0 Å². The normalized spacial score (nSPS) is 18.2. The molecule has 2 heterocycles. The summed E-state index contributed by atoms with van der Waals surface area (Å²) in [6.07, 6.45) is -0.405. The van der Waals surface area contributed by atoms with E-state index in [1.165, 1.54) is 4.88 Å². The van der Waals surface area contributed by atoms with Gasteiger partial charge in [0, 0.05) is 37.1 Å². The van der Waals surface area contributed by atoms with Gasteiger partial charge in [-0.25, -0.2) is 4.79 Å². The summed E-state index contributed by atoms with van der Waals surface area (Å²) >= 11 is 1.74. The van der Waals surface area contributed by atoms with Gasteiger partial charge in [0.2, 0.25) is 0 Å². The van der Waals surface area contributed by atoms with Crippen LogP contribution in [0, 0.1) is 0 Å². The van der Waals surface area contributed by atoms with Gasteiger partial charge in [0.15, 0.2) is 0 Å². The number of thiophene rings is 1. The highest BCUT2D eigenvalue weighted by molar-refractivity contribution is 7.10. The van der Waals surface area contributed by atoms with Crippen LogP contribution in [0.15, 0.2) is 47.8 Å². The van der Waals surface area contributed by atoms with Gasteiger partial charge in [0.1, 0.15) is 5.75 Å². The summed E-state index contributed by atoms with van der Waals surface area (Å²) in [5.74, 6) is 0.557. The van der Waals surface area contributed by atoms with Gasteiger partial charge in [-0.1, -0.05) is 31.2 Å². The van der Waals surface area contributed by atoms with Crippen molar-refractivity contribution in [2.45, 2.75) is 25.9 Å². The average molecular weight is 374 g/mol. The van der Waals surface area contributed by atoms with Crippen LogP contribution in [-0.2, 0) is 0 Å². The molecule has 5 nitrogen and oxygen atoms in total. The molecule has 1 aliphatic heterocycles. The van der Waals surface area contributed by atoms with Crippen LogP contribution in [0.4, 0.5) is 4.79 Å². The first-order valence-corrected chi connectivity index (χ1v) is 10.1. The van der Waals surface area contributed by atoms with Crippen LogP contribution < -0.4 is 10.1 Å². The first-order chi connectivity index (χ1) is 12.7. The minimum Gasteiger partial charge on any atom is -0.410 e. The summed E-state index contributed by atoms with van der Waals surface area (Å²) in [4.78, 5) is 18.5. The van der Waals surface area contributed by atoms with E-state index < -0.39 is 6.09 Å². The average Bonchev–Trinajstić information content (AvgIpc) is 3.17. The molecule has 0 radical (unpaired) electrons. The molecule has 0 unspecified atom stereocenters. The minimum absolute atomic E-state index is 0.0435. The van der Waals surface area contributed by atoms with Crippen molar-refractivity contribution in [3.63, 3.8) is 0 Å². The Morgan fingerprint density at radius 3 is 2.50 bits per heavy atom. The third kappa shape index (κ3) is 4.84. The number of carbonyl (C=O) groups excluding carboxylic acids is 1. The fourth-order valence-electron chi connectivity index (χ4n) is 3.45. The molecule has 2 aromatic rings. The number of rotatable bonds is 6. The van der Waals surface area contributed by atoms with Crippen molar-refractivity contribution in [1.82, 2.24) is 15.1 Å². The van der Waals surface area contributed by atoms with E-state index in [2.05, 4.69) is 46.5 Å². The van der Waals surface area contributed by atoms with Crippen LogP contribution in [0.3, 0.4) is 0 Å². The molecule has 1 amide bonds. The molecule has 1 aromatic heterocycles. The molecule has 6 heteroatoms. The fourth-order valence-corrected chi connectivity index (χ4v) is 4.41. The Morgan fingerprint density at radius 1 is 1.15 bits per heavy atom. The molecule has 1 aromatic carbocycles. The second-order valence-corrected chi connectivity index (χ2v) is 7.55. The second-order valence-electron chi connectivity index (χ2n) is 6.57. The Labute approximate surface area is 159 Å². The van der Waals surface area contributed by atoms with Crippen molar-refractivity contribution < 1.29 is 9.53 Å². The predicted octanol–water partition coefficient (Wildman–Crippen LogP) is 3.60. The molecule has 2 atom stereocenters. The quantitative estimate of drug-likeness (QED) is 0.840. The fraction of sp³-hybridized carbons (Fsp3) is 0.450. The van der Waals surface area contributed by atoms with Gasteiger partial charge in [-0.05, 0) is 37.0 Å². The SMILES string of the molecule is CCN1CCN([C@H](c2cccs2)[C@H](C)NC(=O)Oc2ccccc2)CC1. The molecule has 1 N–H and O–H groups in total. The second kappa shape index (κ2) is 9.16. The maximum absolute atomic E-state index is 12.3. The highest BCUT2D eigenvalue weighted by Crippen LogP contribution is 2.29. The molecular weight excluding hydrogens is 346 g/mol. The zero-order valence-corrected chi connectivity index (χ0v) is 16.2. The minimum atomic E-state index is -0.405. The predicted molar refractivity (Wildman–Crippen MR) is 106 cm³/mol. The molecular formula is C20H27N3O2S.